The summed E-state index contributed by atoms with van der Waals surface area (Å²) in [4.78, 5) is 16.7. The fourth-order valence-corrected chi connectivity index (χ4v) is 6.07. The predicted molar refractivity (Wildman–Crippen MR) is 83.4 cm³/mol. The van der Waals surface area contributed by atoms with Crippen molar-refractivity contribution in [2.24, 2.45) is 0 Å². The monoisotopic (exact) mass is 330 g/mol. The lowest BCUT2D eigenvalue weighted by Gasteiger charge is -2.40. The fraction of sp³-hybridized carbons (Fsp3) is 0.933. The normalized spacial score (nSPS) is 31.5. The molecule has 0 aromatic heterocycles. The molecule has 2 heterocycles. The van der Waals surface area contributed by atoms with Crippen molar-refractivity contribution in [2.75, 3.05) is 45.1 Å². The van der Waals surface area contributed by atoms with Crippen LogP contribution in [0.3, 0.4) is 0 Å². The lowest BCUT2D eigenvalue weighted by atomic mass is 9.81. The Morgan fingerprint density at radius 1 is 1.23 bits per heavy atom. The fourth-order valence-electron chi connectivity index (χ4n) is 3.86. The second-order valence-electron chi connectivity index (χ2n) is 6.65. The van der Waals surface area contributed by atoms with Gasteiger partial charge in [-0.15, -0.1) is 0 Å². The Morgan fingerprint density at radius 2 is 2.00 bits per heavy atom. The van der Waals surface area contributed by atoms with Crippen molar-refractivity contribution in [1.29, 1.82) is 0 Å². The van der Waals surface area contributed by atoms with Crippen molar-refractivity contribution in [1.82, 2.24) is 9.80 Å². The molecule has 1 saturated carbocycles. The van der Waals surface area contributed by atoms with Crippen LogP contribution >= 0.6 is 0 Å². The summed E-state index contributed by atoms with van der Waals surface area (Å²) in [6, 6.07) is -0.253. The van der Waals surface area contributed by atoms with Crippen LogP contribution in [0.5, 0.6) is 0 Å². The third kappa shape index (κ3) is 2.67. The number of nitrogens with zero attached hydrogens (tertiary/aromatic N) is 2. The second kappa shape index (κ2) is 6.09. The zero-order valence-corrected chi connectivity index (χ0v) is 14.1. The SMILES string of the molecule is CCN1CCOCC1C(=O)N1CCC2(CCC2)S(=O)(=O)CC1. The van der Waals surface area contributed by atoms with Gasteiger partial charge in [-0.25, -0.2) is 8.42 Å². The Balaban J connectivity index is 1.71. The molecule has 1 amide bonds. The molecule has 6 nitrogen and oxygen atoms in total. The maximum atomic E-state index is 12.8. The summed E-state index contributed by atoms with van der Waals surface area (Å²) in [6.45, 7) is 5.60. The molecule has 126 valence electrons. The highest BCUT2D eigenvalue weighted by Crippen LogP contribution is 2.44. The topological polar surface area (TPSA) is 66.9 Å². The van der Waals surface area contributed by atoms with E-state index in [1.165, 1.54) is 0 Å². The van der Waals surface area contributed by atoms with Crippen LogP contribution in [-0.2, 0) is 19.4 Å². The first kappa shape index (κ1) is 16.2. The highest BCUT2D eigenvalue weighted by Gasteiger charge is 2.50. The number of hydrogen-bond acceptors (Lipinski definition) is 5. The van der Waals surface area contributed by atoms with E-state index < -0.39 is 14.6 Å². The van der Waals surface area contributed by atoms with E-state index in [9.17, 15) is 13.2 Å². The van der Waals surface area contributed by atoms with E-state index in [0.29, 0.717) is 32.7 Å². The van der Waals surface area contributed by atoms with Gasteiger partial charge in [-0.1, -0.05) is 13.3 Å². The van der Waals surface area contributed by atoms with Crippen molar-refractivity contribution in [3.05, 3.63) is 0 Å². The van der Waals surface area contributed by atoms with E-state index in [4.69, 9.17) is 4.74 Å². The van der Waals surface area contributed by atoms with Gasteiger partial charge in [-0.2, -0.15) is 0 Å². The van der Waals surface area contributed by atoms with Crippen LogP contribution < -0.4 is 0 Å². The molecule has 0 N–H and O–H groups in total. The van der Waals surface area contributed by atoms with E-state index in [-0.39, 0.29) is 17.7 Å². The number of carbonyl (C=O) groups is 1. The number of amides is 1. The molecule has 0 aromatic rings. The lowest BCUT2D eigenvalue weighted by Crippen LogP contribution is -2.55. The molecule has 1 aliphatic carbocycles. The lowest BCUT2D eigenvalue weighted by molar-refractivity contribution is -0.142. The van der Waals surface area contributed by atoms with Crippen molar-refractivity contribution in [3.8, 4) is 0 Å². The third-order valence-electron chi connectivity index (χ3n) is 5.63. The standard InChI is InChI=1S/C15H26N2O4S/c1-2-16-8-10-21-12-13(16)14(18)17-7-6-15(4-3-5-15)22(19,20)11-9-17/h13H,2-12H2,1H3. The molecule has 2 aliphatic heterocycles. The highest BCUT2D eigenvalue weighted by atomic mass is 32.2. The first-order valence-electron chi connectivity index (χ1n) is 8.32. The number of likely N-dealkylation sites (N-methyl/N-ethyl adjacent to an activating group) is 1. The average molecular weight is 330 g/mol. The number of hydrogen-bond donors (Lipinski definition) is 0. The van der Waals surface area contributed by atoms with E-state index >= 15 is 0 Å². The van der Waals surface area contributed by atoms with Crippen molar-refractivity contribution in [2.45, 2.75) is 43.4 Å². The van der Waals surface area contributed by atoms with Gasteiger partial charge in [0.1, 0.15) is 6.04 Å². The first-order valence-corrected chi connectivity index (χ1v) is 9.97. The number of morpholine rings is 1. The maximum Gasteiger partial charge on any atom is 0.242 e. The molecular weight excluding hydrogens is 304 g/mol. The molecular formula is C15H26N2O4S. The second-order valence-corrected chi connectivity index (χ2v) is 9.15. The van der Waals surface area contributed by atoms with Gasteiger partial charge in [0.05, 0.1) is 23.7 Å². The zero-order valence-electron chi connectivity index (χ0n) is 13.3. The van der Waals surface area contributed by atoms with Gasteiger partial charge in [0.15, 0.2) is 9.84 Å². The van der Waals surface area contributed by atoms with Crippen LogP contribution in [-0.4, -0.2) is 80.1 Å². The molecule has 3 fully saturated rings. The summed E-state index contributed by atoms with van der Waals surface area (Å²) < 4.78 is 29.9. The Bertz CT molecular complexity index is 530. The molecule has 1 spiro atoms. The van der Waals surface area contributed by atoms with Crippen LogP contribution in [0.2, 0.25) is 0 Å². The molecule has 22 heavy (non-hydrogen) atoms. The van der Waals surface area contributed by atoms with Gasteiger partial charge in [0, 0.05) is 19.6 Å². The smallest absolute Gasteiger partial charge is 0.242 e. The Labute approximate surface area is 132 Å². The third-order valence-corrected chi connectivity index (χ3v) is 8.29. The highest BCUT2D eigenvalue weighted by molar-refractivity contribution is 7.92. The molecule has 3 rings (SSSR count). The van der Waals surface area contributed by atoms with E-state index in [0.717, 1.165) is 32.4 Å². The van der Waals surface area contributed by atoms with E-state index in [2.05, 4.69) is 4.90 Å². The molecule has 7 heteroatoms. The quantitative estimate of drug-likeness (QED) is 0.727. The Morgan fingerprint density at radius 3 is 2.64 bits per heavy atom. The Kier molecular flexibility index (Phi) is 4.49. The van der Waals surface area contributed by atoms with Gasteiger partial charge >= 0.3 is 0 Å². The van der Waals surface area contributed by atoms with Gasteiger partial charge in [-0.3, -0.25) is 9.69 Å². The summed E-state index contributed by atoms with van der Waals surface area (Å²) in [6.07, 6.45) is 3.13. The minimum absolute atomic E-state index is 0.0353. The van der Waals surface area contributed by atoms with Gasteiger partial charge in [0.25, 0.3) is 0 Å². The molecule has 0 bridgehead atoms. The number of ether oxygens (including phenoxy) is 1. The first-order chi connectivity index (χ1) is 10.5. The maximum absolute atomic E-state index is 12.8. The predicted octanol–water partition coefficient (Wildman–Crippen LogP) is 0.277. The summed E-state index contributed by atoms with van der Waals surface area (Å²) in [5, 5.41) is 0. The molecule has 1 unspecified atom stereocenters. The van der Waals surface area contributed by atoms with Gasteiger partial charge in [-0.05, 0) is 25.8 Å². The molecule has 0 radical (unpaired) electrons. The van der Waals surface area contributed by atoms with Gasteiger partial charge < -0.3 is 9.64 Å². The summed E-state index contributed by atoms with van der Waals surface area (Å²) in [7, 11) is -3.08. The Hall–Kier alpha value is -0.660. The van der Waals surface area contributed by atoms with Crippen molar-refractivity contribution < 1.29 is 17.9 Å². The summed E-state index contributed by atoms with van der Waals surface area (Å²) in [5.41, 5.74) is 0. The molecule has 1 atom stereocenters. The number of sulfone groups is 1. The van der Waals surface area contributed by atoms with Crippen LogP contribution in [0.1, 0.15) is 32.6 Å². The van der Waals surface area contributed by atoms with Crippen LogP contribution in [0.15, 0.2) is 0 Å². The van der Waals surface area contributed by atoms with Crippen molar-refractivity contribution >= 4 is 15.7 Å². The van der Waals surface area contributed by atoms with Crippen molar-refractivity contribution in [3.63, 3.8) is 0 Å². The number of carbonyl (C=O) groups excluding carboxylic acids is 1. The summed E-state index contributed by atoms with van der Waals surface area (Å²) >= 11 is 0. The van der Waals surface area contributed by atoms with E-state index in [1.54, 1.807) is 4.90 Å². The minimum atomic E-state index is -3.08. The number of rotatable bonds is 2. The van der Waals surface area contributed by atoms with Crippen LogP contribution in [0.25, 0.3) is 0 Å². The molecule has 0 aromatic carbocycles. The summed E-state index contributed by atoms with van der Waals surface area (Å²) in [5.74, 6) is 0.145. The largest absolute Gasteiger partial charge is 0.378 e. The molecule has 2 saturated heterocycles. The average Bonchev–Trinajstić information content (AvgIpc) is 2.61. The van der Waals surface area contributed by atoms with Gasteiger partial charge in [0.2, 0.25) is 5.91 Å². The van der Waals surface area contributed by atoms with E-state index in [1.807, 2.05) is 6.92 Å². The van der Waals surface area contributed by atoms with Crippen LogP contribution in [0, 0.1) is 0 Å². The van der Waals surface area contributed by atoms with Crippen LogP contribution in [0.4, 0.5) is 0 Å². The molecule has 3 aliphatic rings. The zero-order chi connectivity index (χ0) is 15.8. The minimum Gasteiger partial charge on any atom is -0.378 e.